The van der Waals surface area contributed by atoms with Crippen molar-refractivity contribution in [3.8, 4) is 0 Å². The highest BCUT2D eigenvalue weighted by Gasteiger charge is 2.35. The van der Waals surface area contributed by atoms with Gasteiger partial charge in [0.2, 0.25) is 21.8 Å². The van der Waals surface area contributed by atoms with Gasteiger partial charge in [0.05, 0.1) is 10.8 Å². The van der Waals surface area contributed by atoms with E-state index < -0.39 is 15.9 Å². The van der Waals surface area contributed by atoms with Gasteiger partial charge in [0.25, 0.3) is 0 Å². The fourth-order valence-corrected chi connectivity index (χ4v) is 5.44. The van der Waals surface area contributed by atoms with E-state index in [0.717, 1.165) is 24.1 Å². The molecule has 1 aliphatic heterocycles. The second-order valence-corrected chi connectivity index (χ2v) is 10.1. The van der Waals surface area contributed by atoms with Crippen LogP contribution in [0.4, 0.5) is 11.4 Å². The SMILES string of the molecule is CCCN(CCC)S(=O)(=O)c1ccc(NC(=O)[C@H]2CC(=O)N(c3ccc(C)cc3)C2)cc1. The van der Waals surface area contributed by atoms with Crippen LogP contribution in [0.5, 0.6) is 0 Å². The van der Waals surface area contributed by atoms with Crippen molar-refractivity contribution in [1.82, 2.24) is 4.31 Å². The first-order valence-electron chi connectivity index (χ1n) is 11.0. The lowest BCUT2D eigenvalue weighted by Gasteiger charge is -2.21. The predicted molar refractivity (Wildman–Crippen MR) is 126 cm³/mol. The molecule has 7 nitrogen and oxygen atoms in total. The minimum Gasteiger partial charge on any atom is -0.326 e. The number of sulfonamides is 1. The van der Waals surface area contributed by atoms with Crippen LogP contribution < -0.4 is 10.2 Å². The highest BCUT2D eigenvalue weighted by molar-refractivity contribution is 7.89. The number of hydrogen-bond acceptors (Lipinski definition) is 4. The normalized spacial score (nSPS) is 16.6. The number of aryl methyl sites for hydroxylation is 1. The summed E-state index contributed by atoms with van der Waals surface area (Å²) in [6, 6.07) is 13.9. The number of benzene rings is 2. The quantitative estimate of drug-likeness (QED) is 0.621. The smallest absolute Gasteiger partial charge is 0.243 e. The molecule has 1 heterocycles. The van der Waals surface area contributed by atoms with Crippen LogP contribution in [0.2, 0.25) is 0 Å². The molecule has 2 aromatic carbocycles. The van der Waals surface area contributed by atoms with Crippen molar-refractivity contribution in [3.63, 3.8) is 0 Å². The molecule has 0 aliphatic carbocycles. The summed E-state index contributed by atoms with van der Waals surface area (Å²) in [5.41, 5.74) is 2.40. The Balaban J connectivity index is 1.66. The number of carbonyl (C=O) groups is 2. The second-order valence-electron chi connectivity index (χ2n) is 8.16. The number of amides is 2. The standard InChI is InChI=1S/C24H31N3O4S/c1-4-14-26(15-5-2)32(30,31)22-12-8-20(9-13-22)25-24(29)19-16-23(28)27(17-19)21-10-6-18(3)7-11-21/h6-13,19H,4-5,14-17H2,1-3H3,(H,25,29)/t19-/m0/s1. The maximum Gasteiger partial charge on any atom is 0.243 e. The van der Waals surface area contributed by atoms with Crippen molar-refractivity contribution < 1.29 is 18.0 Å². The van der Waals surface area contributed by atoms with Gasteiger partial charge < -0.3 is 10.2 Å². The van der Waals surface area contributed by atoms with Gasteiger partial charge in [-0.1, -0.05) is 31.5 Å². The lowest BCUT2D eigenvalue weighted by atomic mass is 10.1. The highest BCUT2D eigenvalue weighted by Crippen LogP contribution is 2.27. The molecule has 0 radical (unpaired) electrons. The Kier molecular flexibility index (Phi) is 7.69. The van der Waals surface area contributed by atoms with Crippen LogP contribution in [0.3, 0.4) is 0 Å². The number of carbonyl (C=O) groups excluding carboxylic acids is 2. The van der Waals surface area contributed by atoms with Gasteiger partial charge >= 0.3 is 0 Å². The van der Waals surface area contributed by atoms with E-state index in [9.17, 15) is 18.0 Å². The largest absolute Gasteiger partial charge is 0.326 e. The fourth-order valence-electron chi connectivity index (χ4n) is 3.81. The Bertz CT molecular complexity index is 1040. The number of nitrogens with one attached hydrogen (secondary N) is 1. The van der Waals surface area contributed by atoms with E-state index in [-0.39, 0.29) is 23.1 Å². The van der Waals surface area contributed by atoms with Crippen LogP contribution in [-0.4, -0.2) is 44.2 Å². The summed E-state index contributed by atoms with van der Waals surface area (Å²) in [6.45, 7) is 7.15. The molecule has 32 heavy (non-hydrogen) atoms. The first kappa shape index (κ1) is 23.9. The van der Waals surface area contributed by atoms with E-state index in [1.807, 2.05) is 45.0 Å². The Morgan fingerprint density at radius 1 is 1.03 bits per heavy atom. The molecule has 172 valence electrons. The molecule has 1 saturated heterocycles. The lowest BCUT2D eigenvalue weighted by molar-refractivity contribution is -0.122. The predicted octanol–water partition coefficient (Wildman–Crippen LogP) is 3.80. The van der Waals surface area contributed by atoms with Gasteiger partial charge in [-0.15, -0.1) is 0 Å². The molecule has 0 saturated carbocycles. The summed E-state index contributed by atoms with van der Waals surface area (Å²) in [7, 11) is -3.57. The molecule has 2 aromatic rings. The lowest BCUT2D eigenvalue weighted by Crippen LogP contribution is -2.32. The topological polar surface area (TPSA) is 86.8 Å². The van der Waals surface area contributed by atoms with Crippen LogP contribution >= 0.6 is 0 Å². The van der Waals surface area contributed by atoms with Crippen molar-refractivity contribution in [1.29, 1.82) is 0 Å². The number of rotatable bonds is 9. The van der Waals surface area contributed by atoms with Crippen molar-refractivity contribution >= 4 is 33.2 Å². The third-order valence-electron chi connectivity index (χ3n) is 5.55. The monoisotopic (exact) mass is 457 g/mol. The first-order chi connectivity index (χ1) is 15.3. The van der Waals surface area contributed by atoms with E-state index >= 15 is 0 Å². The van der Waals surface area contributed by atoms with E-state index in [2.05, 4.69) is 5.32 Å². The highest BCUT2D eigenvalue weighted by atomic mass is 32.2. The van der Waals surface area contributed by atoms with Crippen molar-refractivity contribution in [3.05, 3.63) is 54.1 Å². The van der Waals surface area contributed by atoms with Crippen LogP contribution in [-0.2, 0) is 19.6 Å². The number of nitrogens with zero attached hydrogens (tertiary/aromatic N) is 2. The van der Waals surface area contributed by atoms with Gasteiger partial charge in [0.1, 0.15) is 0 Å². The number of hydrogen-bond donors (Lipinski definition) is 1. The maximum absolute atomic E-state index is 12.9. The first-order valence-corrected chi connectivity index (χ1v) is 12.5. The Labute approximate surface area is 190 Å². The summed E-state index contributed by atoms with van der Waals surface area (Å²) in [5, 5.41) is 2.82. The molecule has 0 aromatic heterocycles. The van der Waals surface area contributed by atoms with Crippen LogP contribution in [0.1, 0.15) is 38.7 Å². The second kappa shape index (κ2) is 10.3. The fraction of sp³-hybridized carbons (Fsp3) is 0.417. The maximum atomic E-state index is 12.9. The van der Waals surface area contributed by atoms with E-state index in [0.29, 0.717) is 25.3 Å². The molecule has 1 fully saturated rings. The molecule has 1 atom stereocenters. The molecule has 3 rings (SSSR count). The van der Waals surface area contributed by atoms with Crippen LogP contribution in [0.25, 0.3) is 0 Å². The minimum absolute atomic E-state index is 0.0811. The Morgan fingerprint density at radius 2 is 1.62 bits per heavy atom. The van der Waals surface area contributed by atoms with Gasteiger partial charge in [-0.3, -0.25) is 9.59 Å². The average molecular weight is 458 g/mol. The van der Waals surface area contributed by atoms with Crippen molar-refractivity contribution in [2.45, 2.75) is 44.9 Å². The van der Waals surface area contributed by atoms with Gasteiger partial charge in [0, 0.05) is 37.4 Å². The van der Waals surface area contributed by atoms with Gasteiger partial charge in [-0.25, -0.2) is 8.42 Å². The van der Waals surface area contributed by atoms with E-state index in [1.165, 1.54) is 16.4 Å². The van der Waals surface area contributed by atoms with Crippen LogP contribution in [0, 0.1) is 12.8 Å². The third kappa shape index (κ3) is 5.37. The van der Waals surface area contributed by atoms with Crippen molar-refractivity contribution in [2.24, 2.45) is 5.92 Å². The average Bonchev–Trinajstić information content (AvgIpc) is 3.16. The minimum atomic E-state index is -3.57. The molecule has 0 unspecified atom stereocenters. The zero-order valence-corrected chi connectivity index (χ0v) is 19.7. The number of anilines is 2. The Morgan fingerprint density at radius 3 is 2.19 bits per heavy atom. The summed E-state index contributed by atoms with van der Waals surface area (Å²) >= 11 is 0. The molecule has 0 bridgehead atoms. The third-order valence-corrected chi connectivity index (χ3v) is 7.46. The summed E-state index contributed by atoms with van der Waals surface area (Å²) in [5.74, 6) is -0.790. The summed E-state index contributed by atoms with van der Waals surface area (Å²) < 4.78 is 27.2. The van der Waals surface area contributed by atoms with E-state index in [4.69, 9.17) is 0 Å². The molecular formula is C24H31N3O4S. The Hall–Kier alpha value is -2.71. The molecule has 2 amide bonds. The van der Waals surface area contributed by atoms with Gasteiger partial charge in [-0.2, -0.15) is 4.31 Å². The van der Waals surface area contributed by atoms with Crippen LogP contribution in [0.15, 0.2) is 53.4 Å². The molecule has 0 spiro atoms. The molecule has 8 heteroatoms. The van der Waals surface area contributed by atoms with Gasteiger partial charge in [0.15, 0.2) is 0 Å². The zero-order valence-electron chi connectivity index (χ0n) is 18.9. The molecular weight excluding hydrogens is 426 g/mol. The molecule has 1 aliphatic rings. The summed E-state index contributed by atoms with van der Waals surface area (Å²) in [4.78, 5) is 27.0. The molecule has 1 N–H and O–H groups in total. The zero-order chi connectivity index (χ0) is 23.3. The van der Waals surface area contributed by atoms with E-state index in [1.54, 1.807) is 17.0 Å². The van der Waals surface area contributed by atoms with Crippen molar-refractivity contribution in [2.75, 3.05) is 29.9 Å². The van der Waals surface area contributed by atoms with Gasteiger partial charge in [-0.05, 0) is 56.2 Å². The summed E-state index contributed by atoms with van der Waals surface area (Å²) in [6.07, 6.45) is 1.63.